The highest BCUT2D eigenvalue weighted by Crippen LogP contribution is 2.23. The SMILES string of the molecule is CC(C)(O)CC(=O)n1c(=O)n(C(=O)CCO)c2ccc(Cn3ccc(OCc4ccc(F)cc4F)c(Cl)c3=O)cc21. The summed E-state index contributed by atoms with van der Waals surface area (Å²) in [7, 11) is 0. The first-order valence-corrected chi connectivity index (χ1v) is 12.8. The molecular formula is C28H26ClF2N3O7. The van der Waals surface area contributed by atoms with Crippen LogP contribution >= 0.6 is 11.6 Å². The number of aromatic nitrogens is 3. The second-order valence-corrected chi connectivity index (χ2v) is 10.4. The van der Waals surface area contributed by atoms with Gasteiger partial charge >= 0.3 is 5.69 Å². The van der Waals surface area contributed by atoms with E-state index >= 15 is 0 Å². The number of carbonyl (C=O) groups is 2. The van der Waals surface area contributed by atoms with Crippen molar-refractivity contribution in [2.75, 3.05) is 6.61 Å². The molecule has 0 aliphatic carbocycles. The quantitative estimate of drug-likeness (QED) is 0.306. The molecule has 0 aliphatic heterocycles. The fourth-order valence-corrected chi connectivity index (χ4v) is 4.46. The lowest BCUT2D eigenvalue weighted by Crippen LogP contribution is -2.35. The number of pyridine rings is 1. The maximum absolute atomic E-state index is 13.9. The molecule has 0 unspecified atom stereocenters. The maximum Gasteiger partial charge on any atom is 0.342 e. The summed E-state index contributed by atoms with van der Waals surface area (Å²) in [5, 5.41) is 19.0. The van der Waals surface area contributed by atoms with E-state index in [1.165, 1.54) is 48.9 Å². The van der Waals surface area contributed by atoms with Crippen molar-refractivity contribution in [1.29, 1.82) is 0 Å². The van der Waals surface area contributed by atoms with Gasteiger partial charge < -0.3 is 19.5 Å². The average Bonchev–Trinajstić information content (AvgIpc) is 3.17. The average molecular weight is 590 g/mol. The van der Waals surface area contributed by atoms with Gasteiger partial charge in [-0.1, -0.05) is 17.7 Å². The number of ether oxygens (including phenoxy) is 1. The Kier molecular flexibility index (Phi) is 8.57. The summed E-state index contributed by atoms with van der Waals surface area (Å²) in [4.78, 5) is 51.7. The molecule has 0 radical (unpaired) electrons. The highest BCUT2D eigenvalue weighted by molar-refractivity contribution is 6.31. The molecular weight excluding hydrogens is 564 g/mol. The molecule has 0 aliphatic rings. The van der Waals surface area contributed by atoms with Gasteiger partial charge in [0.05, 0.1) is 42.6 Å². The minimum atomic E-state index is -1.44. The highest BCUT2D eigenvalue weighted by Gasteiger charge is 2.26. The van der Waals surface area contributed by atoms with Gasteiger partial charge in [0.1, 0.15) is 29.0 Å². The van der Waals surface area contributed by atoms with E-state index in [9.17, 15) is 38.2 Å². The van der Waals surface area contributed by atoms with E-state index in [1.54, 1.807) is 6.07 Å². The van der Waals surface area contributed by atoms with Crippen LogP contribution in [0.2, 0.25) is 5.02 Å². The molecule has 2 aromatic heterocycles. The van der Waals surface area contributed by atoms with Crippen molar-refractivity contribution in [3.8, 4) is 5.75 Å². The van der Waals surface area contributed by atoms with Crippen LogP contribution in [0.4, 0.5) is 8.78 Å². The van der Waals surface area contributed by atoms with Crippen LogP contribution in [-0.2, 0) is 13.2 Å². The zero-order chi connectivity index (χ0) is 30.1. The fraction of sp³-hybridized carbons (Fsp3) is 0.286. The molecule has 2 heterocycles. The number of halogens is 3. The third-order valence-corrected chi connectivity index (χ3v) is 6.48. The minimum Gasteiger partial charge on any atom is -0.487 e. The normalized spacial score (nSPS) is 11.7. The van der Waals surface area contributed by atoms with E-state index in [0.717, 1.165) is 15.2 Å². The number of hydrogen-bond donors (Lipinski definition) is 2. The molecule has 13 heteroatoms. The molecule has 10 nitrogen and oxygen atoms in total. The Hall–Kier alpha value is -4.13. The van der Waals surface area contributed by atoms with Crippen molar-refractivity contribution in [2.24, 2.45) is 0 Å². The molecule has 0 bridgehead atoms. The Balaban J connectivity index is 1.67. The van der Waals surface area contributed by atoms with Crippen molar-refractivity contribution < 1.29 is 33.3 Å². The van der Waals surface area contributed by atoms with Crippen LogP contribution in [0.25, 0.3) is 11.0 Å². The number of benzene rings is 2. The van der Waals surface area contributed by atoms with E-state index in [1.807, 2.05) is 0 Å². The van der Waals surface area contributed by atoms with Gasteiger partial charge in [-0.2, -0.15) is 0 Å². The zero-order valence-electron chi connectivity index (χ0n) is 22.1. The molecule has 4 aromatic rings. The Bertz CT molecular complexity index is 1770. The summed E-state index contributed by atoms with van der Waals surface area (Å²) >= 11 is 6.22. The fourth-order valence-electron chi connectivity index (χ4n) is 4.24. The largest absolute Gasteiger partial charge is 0.487 e. The van der Waals surface area contributed by atoms with Gasteiger partial charge in [0, 0.05) is 17.8 Å². The standard InChI is InChI=1S/C28H26ClF2N3O7/c1-28(2,40)13-24(37)34-21-11-16(3-6-20(21)33(27(34)39)23(36)8-10-35)14-32-9-7-22(25(29)26(32)38)41-15-17-4-5-18(30)12-19(17)31/h3-7,9,11-12,35,40H,8,10,13-15H2,1-2H3. The summed E-state index contributed by atoms with van der Waals surface area (Å²) in [5.74, 6) is -3.03. The number of aliphatic hydroxyl groups excluding tert-OH is 1. The molecule has 0 saturated heterocycles. The summed E-state index contributed by atoms with van der Waals surface area (Å²) in [6.45, 7) is 1.95. The van der Waals surface area contributed by atoms with Gasteiger partial charge in [0.15, 0.2) is 0 Å². The van der Waals surface area contributed by atoms with Crippen LogP contribution in [0.5, 0.6) is 5.75 Å². The molecule has 4 rings (SSSR count). The van der Waals surface area contributed by atoms with Crippen LogP contribution < -0.4 is 16.0 Å². The number of rotatable bonds is 9. The Labute approximate surface area is 236 Å². The third kappa shape index (κ3) is 6.45. The number of carbonyl (C=O) groups excluding carboxylic acids is 2. The maximum atomic E-state index is 13.9. The monoisotopic (exact) mass is 589 g/mol. The topological polar surface area (TPSA) is 133 Å². The van der Waals surface area contributed by atoms with Crippen LogP contribution in [0.15, 0.2) is 58.3 Å². The van der Waals surface area contributed by atoms with Gasteiger partial charge in [-0.25, -0.2) is 22.7 Å². The highest BCUT2D eigenvalue weighted by atomic mass is 35.5. The van der Waals surface area contributed by atoms with E-state index in [-0.39, 0.29) is 46.9 Å². The van der Waals surface area contributed by atoms with Gasteiger partial charge in [-0.3, -0.25) is 14.4 Å². The van der Waals surface area contributed by atoms with E-state index in [4.69, 9.17) is 16.3 Å². The summed E-state index contributed by atoms with van der Waals surface area (Å²) < 4.78 is 35.3. The van der Waals surface area contributed by atoms with Crippen LogP contribution in [-0.4, -0.2) is 47.9 Å². The lowest BCUT2D eigenvalue weighted by atomic mass is 10.1. The lowest BCUT2D eigenvalue weighted by molar-refractivity contribution is 0.0530. The number of imidazole rings is 1. The van der Waals surface area contributed by atoms with Crippen molar-refractivity contribution in [3.63, 3.8) is 0 Å². The van der Waals surface area contributed by atoms with E-state index in [2.05, 4.69) is 0 Å². The summed E-state index contributed by atoms with van der Waals surface area (Å²) in [5.41, 5.74) is -2.30. The first-order chi connectivity index (χ1) is 19.3. The molecule has 41 heavy (non-hydrogen) atoms. The number of fused-ring (bicyclic) bond motifs is 1. The first-order valence-electron chi connectivity index (χ1n) is 12.4. The van der Waals surface area contributed by atoms with E-state index < -0.39 is 53.3 Å². The van der Waals surface area contributed by atoms with Crippen molar-refractivity contribution in [2.45, 2.75) is 45.4 Å². The number of aliphatic hydroxyl groups is 2. The molecule has 0 spiro atoms. The Morgan fingerprint density at radius 2 is 1.71 bits per heavy atom. The van der Waals surface area contributed by atoms with Gasteiger partial charge in [-0.05, 0) is 49.7 Å². The second kappa shape index (κ2) is 11.8. The molecule has 216 valence electrons. The Morgan fingerprint density at radius 1 is 1.00 bits per heavy atom. The smallest absolute Gasteiger partial charge is 0.342 e. The minimum absolute atomic E-state index is 0.0161. The zero-order valence-corrected chi connectivity index (χ0v) is 22.8. The molecule has 0 atom stereocenters. The van der Waals surface area contributed by atoms with E-state index in [0.29, 0.717) is 11.6 Å². The van der Waals surface area contributed by atoms with Gasteiger partial charge in [0.2, 0.25) is 11.8 Å². The predicted octanol–water partition coefficient (Wildman–Crippen LogP) is 3.35. The van der Waals surface area contributed by atoms with Crippen molar-refractivity contribution in [3.05, 3.63) is 97.3 Å². The second-order valence-electron chi connectivity index (χ2n) is 9.98. The van der Waals surface area contributed by atoms with Gasteiger partial charge in [0.25, 0.3) is 5.56 Å². The van der Waals surface area contributed by atoms with Crippen LogP contribution in [0.1, 0.15) is 47.4 Å². The summed E-state index contributed by atoms with van der Waals surface area (Å²) in [6, 6.07) is 8.86. The molecule has 2 N–H and O–H groups in total. The van der Waals surface area contributed by atoms with Crippen molar-refractivity contribution in [1.82, 2.24) is 13.7 Å². The Morgan fingerprint density at radius 3 is 2.37 bits per heavy atom. The molecule has 2 aromatic carbocycles. The van der Waals surface area contributed by atoms with Crippen LogP contribution in [0, 0.1) is 11.6 Å². The van der Waals surface area contributed by atoms with Gasteiger partial charge in [-0.15, -0.1) is 0 Å². The third-order valence-electron chi connectivity index (χ3n) is 6.13. The number of hydrogen-bond acceptors (Lipinski definition) is 7. The lowest BCUT2D eigenvalue weighted by Gasteiger charge is -2.15. The predicted molar refractivity (Wildman–Crippen MR) is 146 cm³/mol. The molecule has 0 amide bonds. The molecule has 0 fully saturated rings. The molecule has 0 saturated carbocycles. The van der Waals surface area contributed by atoms with Crippen LogP contribution in [0.3, 0.4) is 0 Å². The van der Waals surface area contributed by atoms with Crippen molar-refractivity contribution >= 4 is 34.4 Å². The first kappa shape index (κ1) is 29.8. The number of nitrogens with zero attached hydrogens (tertiary/aromatic N) is 3. The summed E-state index contributed by atoms with van der Waals surface area (Å²) in [6.07, 6.45) is 0.622.